The molecule has 0 atom stereocenters. The van der Waals surface area contributed by atoms with Crippen LogP contribution in [0.15, 0.2) is 42.7 Å². The van der Waals surface area contributed by atoms with Crippen molar-refractivity contribution in [1.29, 1.82) is 0 Å². The molecule has 0 unspecified atom stereocenters. The Bertz CT molecular complexity index is 1460. The van der Waals surface area contributed by atoms with Crippen LogP contribution in [-0.4, -0.2) is 73.0 Å². The molecule has 4 aromatic rings. The number of nitrogens with one attached hydrogen (secondary N) is 1. The fourth-order valence-electron chi connectivity index (χ4n) is 4.71. The van der Waals surface area contributed by atoms with Gasteiger partial charge in [-0.1, -0.05) is 6.07 Å². The highest BCUT2D eigenvalue weighted by Gasteiger charge is 2.34. The van der Waals surface area contributed by atoms with Crippen LogP contribution in [-0.2, 0) is 17.8 Å². The highest BCUT2D eigenvalue weighted by molar-refractivity contribution is 5.81. The standard InChI is InChI=1S/C27H28F3N7O/c1-17-15-32-18(2)33-26(17)20-3-4-22-23(12-20)35-24(34-22)13-21-11-19(5-6-31-21)16-36-7-9-37(10-8-36)25(38)14-27(28,29)30/h3-6,11-12,15H,7-10,13-14,16H2,1-2H3,(H,34,35). The molecule has 1 aliphatic rings. The third-order valence-electron chi connectivity index (χ3n) is 6.61. The third-order valence-corrected chi connectivity index (χ3v) is 6.61. The molecule has 0 bridgehead atoms. The smallest absolute Gasteiger partial charge is 0.342 e. The van der Waals surface area contributed by atoms with Gasteiger partial charge in [0.15, 0.2) is 0 Å². The van der Waals surface area contributed by atoms with E-state index in [1.54, 1.807) is 6.20 Å². The quantitative estimate of drug-likeness (QED) is 0.407. The Morgan fingerprint density at radius 3 is 2.58 bits per heavy atom. The molecule has 198 valence electrons. The molecule has 1 fully saturated rings. The number of H-pyrrole nitrogens is 1. The van der Waals surface area contributed by atoms with E-state index in [1.165, 1.54) is 4.90 Å². The molecule has 8 nitrogen and oxygen atoms in total. The van der Waals surface area contributed by atoms with Crippen LogP contribution < -0.4 is 0 Å². The van der Waals surface area contributed by atoms with Crippen molar-refractivity contribution in [3.8, 4) is 11.3 Å². The van der Waals surface area contributed by atoms with Crippen molar-refractivity contribution in [3.05, 3.63) is 71.2 Å². The number of aryl methyl sites for hydroxylation is 2. The first kappa shape index (κ1) is 25.8. The first-order chi connectivity index (χ1) is 18.1. The Morgan fingerprint density at radius 2 is 1.82 bits per heavy atom. The van der Waals surface area contributed by atoms with Crippen molar-refractivity contribution in [2.75, 3.05) is 26.2 Å². The molecule has 0 saturated carbocycles. The predicted octanol–water partition coefficient (Wildman–Crippen LogP) is 4.22. The van der Waals surface area contributed by atoms with Gasteiger partial charge >= 0.3 is 6.18 Å². The largest absolute Gasteiger partial charge is 0.397 e. The number of benzene rings is 1. The lowest BCUT2D eigenvalue weighted by Crippen LogP contribution is -2.49. The number of fused-ring (bicyclic) bond motifs is 1. The van der Waals surface area contributed by atoms with Crippen LogP contribution in [0.1, 0.15) is 34.9 Å². The molecule has 1 aromatic carbocycles. The number of pyridine rings is 1. The summed E-state index contributed by atoms with van der Waals surface area (Å²) in [4.78, 5) is 36.7. The molecule has 3 aromatic heterocycles. The molecular weight excluding hydrogens is 495 g/mol. The monoisotopic (exact) mass is 523 g/mol. The maximum Gasteiger partial charge on any atom is 0.397 e. The molecule has 11 heteroatoms. The van der Waals surface area contributed by atoms with Crippen LogP contribution in [0, 0.1) is 13.8 Å². The van der Waals surface area contributed by atoms with E-state index >= 15 is 0 Å². The number of piperazine rings is 1. The van der Waals surface area contributed by atoms with Crippen LogP contribution in [0.5, 0.6) is 0 Å². The zero-order chi connectivity index (χ0) is 26.9. The summed E-state index contributed by atoms with van der Waals surface area (Å²) in [5, 5.41) is 0. The molecule has 5 rings (SSSR count). The Labute approximate surface area is 218 Å². The minimum Gasteiger partial charge on any atom is -0.342 e. The number of amides is 1. The summed E-state index contributed by atoms with van der Waals surface area (Å²) in [5.41, 5.74) is 6.60. The molecule has 1 saturated heterocycles. The Kier molecular flexibility index (Phi) is 7.11. The maximum absolute atomic E-state index is 12.5. The number of aromatic amines is 1. The second-order valence-electron chi connectivity index (χ2n) is 9.65. The van der Waals surface area contributed by atoms with Crippen molar-refractivity contribution < 1.29 is 18.0 Å². The zero-order valence-electron chi connectivity index (χ0n) is 21.2. The molecule has 1 amide bonds. The van der Waals surface area contributed by atoms with Gasteiger partial charge in [-0.25, -0.2) is 15.0 Å². The van der Waals surface area contributed by atoms with Crippen molar-refractivity contribution in [3.63, 3.8) is 0 Å². The van der Waals surface area contributed by atoms with Gasteiger partial charge in [0.1, 0.15) is 18.1 Å². The van der Waals surface area contributed by atoms with E-state index in [0.717, 1.165) is 50.8 Å². The molecule has 1 N–H and O–H groups in total. The number of alkyl halides is 3. The molecule has 38 heavy (non-hydrogen) atoms. The van der Waals surface area contributed by atoms with Crippen LogP contribution in [0.4, 0.5) is 13.2 Å². The number of carbonyl (C=O) groups excluding carboxylic acids is 1. The van der Waals surface area contributed by atoms with Crippen LogP contribution in [0.3, 0.4) is 0 Å². The van der Waals surface area contributed by atoms with Gasteiger partial charge in [-0.2, -0.15) is 13.2 Å². The van der Waals surface area contributed by atoms with Crippen molar-refractivity contribution in [1.82, 2.24) is 34.7 Å². The first-order valence-corrected chi connectivity index (χ1v) is 12.4. The summed E-state index contributed by atoms with van der Waals surface area (Å²) in [6.45, 7) is 6.14. The van der Waals surface area contributed by atoms with Crippen molar-refractivity contribution >= 4 is 16.9 Å². The van der Waals surface area contributed by atoms with Gasteiger partial charge in [0.2, 0.25) is 5.91 Å². The Balaban J connectivity index is 1.22. The van der Waals surface area contributed by atoms with E-state index in [1.807, 2.05) is 50.4 Å². The Hall–Kier alpha value is -3.86. The number of hydrogen-bond donors (Lipinski definition) is 1. The summed E-state index contributed by atoms with van der Waals surface area (Å²) >= 11 is 0. The number of halogens is 3. The van der Waals surface area contributed by atoms with Gasteiger partial charge in [-0.05, 0) is 49.2 Å². The maximum atomic E-state index is 12.5. The van der Waals surface area contributed by atoms with E-state index < -0.39 is 18.5 Å². The fourth-order valence-corrected chi connectivity index (χ4v) is 4.71. The zero-order valence-corrected chi connectivity index (χ0v) is 21.2. The number of rotatable bonds is 6. The van der Waals surface area contributed by atoms with E-state index in [9.17, 15) is 18.0 Å². The second-order valence-corrected chi connectivity index (χ2v) is 9.65. The number of hydrogen-bond acceptors (Lipinski definition) is 6. The van der Waals surface area contributed by atoms with Gasteiger partial charge < -0.3 is 9.88 Å². The van der Waals surface area contributed by atoms with Crippen LogP contribution in [0.25, 0.3) is 22.3 Å². The van der Waals surface area contributed by atoms with E-state index in [4.69, 9.17) is 4.98 Å². The summed E-state index contributed by atoms with van der Waals surface area (Å²) in [5.74, 6) is 0.663. The lowest BCUT2D eigenvalue weighted by molar-refractivity contribution is -0.162. The third kappa shape index (κ3) is 6.16. The van der Waals surface area contributed by atoms with Gasteiger partial charge in [0.25, 0.3) is 0 Å². The highest BCUT2D eigenvalue weighted by Crippen LogP contribution is 2.25. The molecule has 0 spiro atoms. The van der Waals surface area contributed by atoms with Crippen LogP contribution in [0.2, 0.25) is 0 Å². The summed E-state index contributed by atoms with van der Waals surface area (Å²) < 4.78 is 37.6. The summed E-state index contributed by atoms with van der Waals surface area (Å²) in [6, 6.07) is 9.99. The molecule has 1 aliphatic heterocycles. The van der Waals surface area contributed by atoms with E-state index in [0.29, 0.717) is 39.1 Å². The van der Waals surface area contributed by atoms with Gasteiger partial charge in [-0.3, -0.25) is 14.7 Å². The number of aromatic nitrogens is 5. The number of nitrogens with zero attached hydrogens (tertiary/aromatic N) is 6. The van der Waals surface area contributed by atoms with Crippen LogP contribution >= 0.6 is 0 Å². The average Bonchev–Trinajstić information content (AvgIpc) is 3.26. The first-order valence-electron chi connectivity index (χ1n) is 12.4. The van der Waals surface area contributed by atoms with E-state index in [-0.39, 0.29) is 0 Å². The molecular formula is C27H28F3N7O. The molecule has 0 radical (unpaired) electrons. The Morgan fingerprint density at radius 1 is 1.03 bits per heavy atom. The molecule has 4 heterocycles. The van der Waals surface area contributed by atoms with Crippen molar-refractivity contribution in [2.24, 2.45) is 0 Å². The van der Waals surface area contributed by atoms with Crippen molar-refractivity contribution in [2.45, 2.75) is 39.4 Å². The highest BCUT2D eigenvalue weighted by atomic mass is 19.4. The van der Waals surface area contributed by atoms with Gasteiger partial charge in [-0.15, -0.1) is 0 Å². The minimum absolute atomic E-state index is 0.294. The normalized spacial score (nSPS) is 14.8. The topological polar surface area (TPSA) is 90.9 Å². The minimum atomic E-state index is -4.47. The lowest BCUT2D eigenvalue weighted by atomic mass is 10.1. The molecule has 0 aliphatic carbocycles. The number of imidazole rings is 1. The summed E-state index contributed by atoms with van der Waals surface area (Å²) in [7, 11) is 0. The SMILES string of the molecule is Cc1ncc(C)c(-c2ccc3nc(Cc4cc(CN5CCN(C(=O)CC(F)(F)F)CC5)ccn4)[nH]c3c2)n1. The predicted molar refractivity (Wildman–Crippen MR) is 136 cm³/mol. The number of carbonyl (C=O) groups is 1. The fraction of sp³-hybridized carbons (Fsp3) is 0.370. The lowest BCUT2D eigenvalue weighted by Gasteiger charge is -2.35. The second kappa shape index (κ2) is 10.5. The van der Waals surface area contributed by atoms with Gasteiger partial charge in [0.05, 0.1) is 16.7 Å². The average molecular weight is 524 g/mol. The van der Waals surface area contributed by atoms with E-state index in [2.05, 4.69) is 24.8 Å². The summed E-state index contributed by atoms with van der Waals surface area (Å²) in [6.07, 6.45) is -1.76. The van der Waals surface area contributed by atoms with Gasteiger partial charge in [0, 0.05) is 62.8 Å².